The number of likely N-dealkylation sites (tertiary alicyclic amines) is 1. The summed E-state index contributed by atoms with van der Waals surface area (Å²) in [5.41, 5.74) is 1.63. The van der Waals surface area contributed by atoms with Crippen molar-refractivity contribution in [2.24, 2.45) is 0 Å². The van der Waals surface area contributed by atoms with Crippen LogP contribution in [0.4, 0.5) is 20.5 Å². The summed E-state index contributed by atoms with van der Waals surface area (Å²) in [7, 11) is 1.53. The number of amides is 1. The summed E-state index contributed by atoms with van der Waals surface area (Å²) in [5, 5.41) is 15.0. The molecule has 2 aliphatic rings. The van der Waals surface area contributed by atoms with Gasteiger partial charge in [-0.1, -0.05) is 18.9 Å². The van der Waals surface area contributed by atoms with Crippen LogP contribution in [-0.4, -0.2) is 52.3 Å². The van der Waals surface area contributed by atoms with Gasteiger partial charge in [0.2, 0.25) is 5.95 Å². The number of aromatic nitrogens is 2. The second-order valence-corrected chi connectivity index (χ2v) is 9.03. The van der Waals surface area contributed by atoms with Crippen molar-refractivity contribution in [3.63, 3.8) is 0 Å². The minimum Gasteiger partial charge on any atom is -0.383 e. The Morgan fingerprint density at radius 1 is 1.26 bits per heavy atom. The maximum absolute atomic E-state index is 13.7. The van der Waals surface area contributed by atoms with Gasteiger partial charge < -0.3 is 20.3 Å². The highest BCUT2D eigenvalue weighted by Gasteiger charge is 2.35. The molecule has 1 saturated heterocycles. The van der Waals surface area contributed by atoms with Gasteiger partial charge >= 0.3 is 0 Å². The molecular weight excluding hydrogens is 454 g/mol. The largest absolute Gasteiger partial charge is 0.383 e. The highest BCUT2D eigenvalue weighted by Crippen LogP contribution is 2.26. The minimum absolute atomic E-state index is 0.0500. The normalized spacial score (nSPS) is 20.1. The van der Waals surface area contributed by atoms with E-state index in [1.807, 2.05) is 6.92 Å². The fourth-order valence-electron chi connectivity index (χ4n) is 4.49. The van der Waals surface area contributed by atoms with E-state index in [2.05, 4.69) is 20.6 Å². The average Bonchev–Trinajstić information content (AvgIpc) is 3.35. The van der Waals surface area contributed by atoms with Crippen molar-refractivity contribution in [3.05, 3.63) is 58.9 Å². The SMILES string of the molecule is COC[C@H]1C/C(=C/Nc2nc(NC3CCCC3)ncc2C)C(=N)C(=O)N1Cc1ccc(F)c(F)c1. The van der Waals surface area contributed by atoms with E-state index in [9.17, 15) is 13.6 Å². The van der Waals surface area contributed by atoms with Crippen LogP contribution >= 0.6 is 0 Å². The number of rotatable bonds is 8. The fraction of sp³-hybridized carbons (Fsp3) is 0.440. The van der Waals surface area contributed by atoms with Crippen molar-refractivity contribution >= 4 is 23.4 Å². The van der Waals surface area contributed by atoms with Gasteiger partial charge in [-0.3, -0.25) is 10.2 Å². The molecule has 1 aliphatic carbocycles. The molecular formula is C25H30F2N6O2. The first-order valence-electron chi connectivity index (χ1n) is 11.7. The number of hydrogen-bond donors (Lipinski definition) is 3. The molecule has 186 valence electrons. The number of hydrogen-bond acceptors (Lipinski definition) is 7. The van der Waals surface area contributed by atoms with E-state index in [0.29, 0.717) is 35.4 Å². The van der Waals surface area contributed by atoms with E-state index >= 15 is 0 Å². The Morgan fingerprint density at radius 3 is 2.74 bits per heavy atom. The number of carbonyl (C=O) groups excluding carboxylic acids is 1. The Morgan fingerprint density at radius 2 is 2.03 bits per heavy atom. The lowest BCUT2D eigenvalue weighted by atomic mass is 9.94. The minimum atomic E-state index is -0.975. The second-order valence-electron chi connectivity index (χ2n) is 9.03. The number of anilines is 2. The molecule has 2 fully saturated rings. The standard InChI is InChI=1S/C25H30F2N6O2/c1-15-11-30-25(31-18-5-3-4-6-18)32-23(15)29-12-17-10-19(14-35-2)33(24(34)22(17)28)13-16-7-8-20(26)21(27)9-16/h7-9,11-12,18-19,28H,3-6,10,13-14H2,1-2H3,(H2,29,30,31,32)/b17-12-,28-22?/t19-/m1/s1. The zero-order valence-electron chi connectivity index (χ0n) is 19.9. The topological polar surface area (TPSA) is 103 Å². The van der Waals surface area contributed by atoms with Crippen LogP contribution in [-0.2, 0) is 16.1 Å². The number of piperidine rings is 1. The van der Waals surface area contributed by atoms with Crippen LogP contribution in [0.25, 0.3) is 0 Å². The molecule has 1 atom stereocenters. The van der Waals surface area contributed by atoms with E-state index < -0.39 is 17.5 Å². The molecule has 0 radical (unpaired) electrons. The van der Waals surface area contributed by atoms with Crippen LogP contribution in [0, 0.1) is 24.0 Å². The molecule has 1 aliphatic heterocycles. The average molecular weight is 485 g/mol. The van der Waals surface area contributed by atoms with Crippen LogP contribution in [0.2, 0.25) is 0 Å². The number of nitrogens with zero attached hydrogens (tertiary/aromatic N) is 3. The molecule has 10 heteroatoms. The lowest BCUT2D eigenvalue weighted by molar-refractivity contribution is -0.129. The molecule has 1 aromatic heterocycles. The van der Waals surface area contributed by atoms with Gasteiger partial charge in [0.05, 0.1) is 12.6 Å². The molecule has 3 N–H and O–H groups in total. The Hall–Kier alpha value is -3.40. The van der Waals surface area contributed by atoms with Crippen LogP contribution in [0.15, 0.2) is 36.2 Å². The molecule has 4 rings (SSSR count). The molecule has 1 amide bonds. The molecule has 2 aromatic rings. The van der Waals surface area contributed by atoms with E-state index in [1.54, 1.807) is 12.4 Å². The third kappa shape index (κ3) is 5.82. The number of ether oxygens (including phenoxy) is 1. The zero-order chi connectivity index (χ0) is 24.9. The maximum atomic E-state index is 13.7. The molecule has 8 nitrogen and oxygen atoms in total. The van der Waals surface area contributed by atoms with Crippen LogP contribution in [0.1, 0.15) is 43.2 Å². The van der Waals surface area contributed by atoms with Gasteiger partial charge in [-0.05, 0) is 43.9 Å². The van der Waals surface area contributed by atoms with Gasteiger partial charge in [0.25, 0.3) is 5.91 Å². The number of aryl methyl sites for hydroxylation is 1. The van der Waals surface area contributed by atoms with Gasteiger partial charge in [-0.15, -0.1) is 0 Å². The Balaban J connectivity index is 1.49. The van der Waals surface area contributed by atoms with E-state index in [0.717, 1.165) is 30.5 Å². The molecule has 0 bridgehead atoms. The molecule has 35 heavy (non-hydrogen) atoms. The third-order valence-electron chi connectivity index (χ3n) is 6.43. The van der Waals surface area contributed by atoms with Gasteiger partial charge in [0, 0.05) is 43.2 Å². The van der Waals surface area contributed by atoms with Gasteiger partial charge in [0.15, 0.2) is 11.6 Å². The summed E-state index contributed by atoms with van der Waals surface area (Å²) in [6.07, 6.45) is 8.34. The van der Waals surface area contributed by atoms with Crippen LogP contribution in [0.5, 0.6) is 0 Å². The highest BCUT2D eigenvalue weighted by molar-refractivity contribution is 6.44. The van der Waals surface area contributed by atoms with Crippen LogP contribution in [0.3, 0.4) is 0 Å². The fourth-order valence-corrected chi connectivity index (χ4v) is 4.49. The number of halogens is 2. The van der Waals surface area contributed by atoms with Crippen LogP contribution < -0.4 is 10.6 Å². The van der Waals surface area contributed by atoms with Crippen molar-refractivity contribution in [1.82, 2.24) is 14.9 Å². The first kappa shape index (κ1) is 24.7. The summed E-state index contributed by atoms with van der Waals surface area (Å²) in [4.78, 5) is 23.5. The molecule has 1 saturated carbocycles. The van der Waals surface area contributed by atoms with Gasteiger partial charge in [0.1, 0.15) is 11.5 Å². The van der Waals surface area contributed by atoms with Crippen molar-refractivity contribution in [2.75, 3.05) is 24.4 Å². The predicted molar refractivity (Wildman–Crippen MR) is 129 cm³/mol. The van der Waals surface area contributed by atoms with Crippen molar-refractivity contribution in [2.45, 2.75) is 57.7 Å². The van der Waals surface area contributed by atoms with Crippen molar-refractivity contribution in [1.29, 1.82) is 5.41 Å². The quantitative estimate of drug-likeness (QED) is 0.519. The smallest absolute Gasteiger partial charge is 0.272 e. The highest BCUT2D eigenvalue weighted by atomic mass is 19.2. The predicted octanol–water partition coefficient (Wildman–Crippen LogP) is 4.18. The van der Waals surface area contributed by atoms with Crippen molar-refractivity contribution < 1.29 is 18.3 Å². The summed E-state index contributed by atoms with van der Waals surface area (Å²) < 4.78 is 32.3. The summed E-state index contributed by atoms with van der Waals surface area (Å²) in [5.74, 6) is -1.28. The summed E-state index contributed by atoms with van der Waals surface area (Å²) in [6.45, 7) is 2.17. The zero-order valence-corrected chi connectivity index (χ0v) is 19.9. The first-order valence-corrected chi connectivity index (χ1v) is 11.7. The second kappa shape index (κ2) is 10.9. The molecule has 2 heterocycles. The molecule has 0 unspecified atom stereocenters. The Labute approximate surface area is 203 Å². The lowest BCUT2D eigenvalue weighted by Gasteiger charge is -2.36. The van der Waals surface area contributed by atoms with E-state index in [4.69, 9.17) is 10.1 Å². The van der Waals surface area contributed by atoms with Gasteiger partial charge in [-0.25, -0.2) is 13.8 Å². The maximum Gasteiger partial charge on any atom is 0.272 e. The van der Waals surface area contributed by atoms with E-state index in [1.165, 1.54) is 30.9 Å². The Kier molecular flexibility index (Phi) is 7.70. The molecule has 0 spiro atoms. The summed E-state index contributed by atoms with van der Waals surface area (Å²) >= 11 is 0. The lowest BCUT2D eigenvalue weighted by Crippen LogP contribution is -2.50. The summed E-state index contributed by atoms with van der Waals surface area (Å²) in [6, 6.07) is 3.54. The first-order chi connectivity index (χ1) is 16.9. The molecule has 1 aromatic carbocycles. The monoisotopic (exact) mass is 484 g/mol. The Bertz CT molecular complexity index is 1130. The van der Waals surface area contributed by atoms with E-state index in [-0.39, 0.29) is 24.9 Å². The number of benzene rings is 1. The van der Waals surface area contributed by atoms with Crippen molar-refractivity contribution in [3.8, 4) is 0 Å². The number of nitrogens with one attached hydrogen (secondary N) is 3. The third-order valence-corrected chi connectivity index (χ3v) is 6.43. The number of methoxy groups -OCH3 is 1. The van der Waals surface area contributed by atoms with Gasteiger partial charge in [-0.2, -0.15) is 4.98 Å². The number of carbonyl (C=O) groups is 1.